The fourth-order valence-electron chi connectivity index (χ4n) is 0.975. The zero-order valence-corrected chi connectivity index (χ0v) is 10.1. The highest BCUT2D eigenvalue weighted by Crippen LogP contribution is 1.91. The van der Waals surface area contributed by atoms with E-state index in [0.717, 1.165) is 6.54 Å². The van der Waals surface area contributed by atoms with Crippen LogP contribution in [0, 0.1) is 0 Å². The number of carboxylic acids is 1. The minimum Gasteiger partial charge on any atom is -0.549 e. The summed E-state index contributed by atoms with van der Waals surface area (Å²) in [5.41, 5.74) is 0. The average molecular weight is 230 g/mol. The molecule has 0 spiro atoms. The number of rotatable bonds is 4. The zero-order chi connectivity index (χ0) is 11.7. The maximum Gasteiger partial charge on any atom is 0.243 e. The molecule has 0 radical (unpaired) electrons. The highest BCUT2D eigenvalue weighted by molar-refractivity contribution is 7.81. The summed E-state index contributed by atoms with van der Waals surface area (Å²) >= 11 is 3.35. The molecule has 1 aromatic rings. The first kappa shape index (κ1) is 14.0. The highest BCUT2D eigenvalue weighted by Gasteiger charge is 1.96. The van der Waals surface area contributed by atoms with E-state index < -0.39 is 5.97 Å². The number of carboxylic acid groups (broad SMARTS) is 1. The van der Waals surface area contributed by atoms with Gasteiger partial charge in [0.1, 0.15) is 12.4 Å². The number of hydrogen-bond acceptors (Lipinski definition) is 3. The van der Waals surface area contributed by atoms with Crippen LogP contribution in [0.3, 0.4) is 0 Å². The fraction of sp³-hybridized carbons (Fsp3) is 0.600. The Morgan fingerprint density at radius 1 is 1.60 bits per heavy atom. The van der Waals surface area contributed by atoms with Crippen LogP contribution in [0.25, 0.3) is 0 Å². The van der Waals surface area contributed by atoms with Crippen LogP contribution in [0.2, 0.25) is 0 Å². The third-order valence-corrected chi connectivity index (χ3v) is 1.98. The molecule has 0 aliphatic heterocycles. The van der Waals surface area contributed by atoms with E-state index in [1.807, 2.05) is 7.05 Å². The van der Waals surface area contributed by atoms with Crippen LogP contribution in [0.1, 0.15) is 19.8 Å². The lowest BCUT2D eigenvalue weighted by Crippen LogP contribution is -2.23. The van der Waals surface area contributed by atoms with Gasteiger partial charge in [-0.1, -0.05) is 13.3 Å². The van der Waals surface area contributed by atoms with E-state index in [2.05, 4.69) is 47.4 Å². The smallest absolute Gasteiger partial charge is 0.243 e. The molecule has 15 heavy (non-hydrogen) atoms. The highest BCUT2D eigenvalue weighted by atomic mass is 32.1. The molecule has 0 aromatic carbocycles. The van der Waals surface area contributed by atoms with Gasteiger partial charge in [-0.2, -0.15) is 12.6 Å². The van der Waals surface area contributed by atoms with Crippen molar-refractivity contribution >= 4 is 18.6 Å². The van der Waals surface area contributed by atoms with Gasteiger partial charge >= 0.3 is 0 Å². The molecule has 0 amide bonds. The van der Waals surface area contributed by atoms with Gasteiger partial charge in [0.25, 0.3) is 0 Å². The fourth-order valence-corrected chi connectivity index (χ4v) is 0.975. The van der Waals surface area contributed by atoms with E-state index in [4.69, 9.17) is 0 Å². The maximum atomic E-state index is 9.18. The second kappa shape index (κ2) is 8.35. The number of carbonyl (C=O) groups is 1. The average Bonchev–Trinajstić information content (AvgIpc) is 2.62. The van der Waals surface area contributed by atoms with Gasteiger partial charge in [0.2, 0.25) is 6.33 Å². The molecule has 4 nitrogen and oxygen atoms in total. The topological polar surface area (TPSA) is 48.9 Å². The van der Waals surface area contributed by atoms with Crippen LogP contribution in [-0.2, 0) is 18.4 Å². The Morgan fingerprint density at radius 2 is 2.20 bits per heavy atom. The lowest BCUT2D eigenvalue weighted by atomic mass is 10.3. The molecule has 1 rings (SSSR count). The molecule has 0 aliphatic carbocycles. The van der Waals surface area contributed by atoms with Gasteiger partial charge in [-0.25, -0.2) is 9.13 Å². The second-order valence-electron chi connectivity index (χ2n) is 3.20. The zero-order valence-electron chi connectivity index (χ0n) is 9.22. The predicted molar refractivity (Wildman–Crippen MR) is 59.4 cm³/mol. The SMILES string of the molecule is CCCCn1cc[n+](C)c1.O=C([O-])CS. The molecule has 0 unspecified atom stereocenters. The largest absolute Gasteiger partial charge is 0.549 e. The Hall–Kier alpha value is -0.970. The Morgan fingerprint density at radius 3 is 2.53 bits per heavy atom. The van der Waals surface area contributed by atoms with Gasteiger partial charge in [0.15, 0.2) is 0 Å². The van der Waals surface area contributed by atoms with Crippen LogP contribution >= 0.6 is 12.6 Å². The minimum atomic E-state index is -1.13. The third-order valence-electron chi connectivity index (χ3n) is 1.72. The van der Waals surface area contributed by atoms with Crippen molar-refractivity contribution < 1.29 is 14.5 Å². The van der Waals surface area contributed by atoms with Crippen molar-refractivity contribution in [3.05, 3.63) is 18.7 Å². The first-order valence-corrected chi connectivity index (χ1v) is 5.55. The summed E-state index contributed by atoms with van der Waals surface area (Å²) in [7, 11) is 2.04. The first-order valence-electron chi connectivity index (χ1n) is 4.91. The van der Waals surface area contributed by atoms with Gasteiger partial charge in [-0.15, -0.1) is 0 Å². The standard InChI is InChI=1S/C8H15N2.C2H4O2S/c1-3-4-5-10-7-6-9(2)8-10;3-2(4)1-5/h6-8H,3-5H2,1-2H3;5H,1H2,(H,3,4)/q+1;/p-1. The Balaban J connectivity index is 0.000000336. The van der Waals surface area contributed by atoms with Crippen LogP contribution in [0.5, 0.6) is 0 Å². The summed E-state index contributed by atoms with van der Waals surface area (Å²) in [5.74, 6) is -1.33. The summed E-state index contributed by atoms with van der Waals surface area (Å²) < 4.78 is 4.28. The third kappa shape index (κ3) is 8.05. The van der Waals surface area contributed by atoms with E-state index in [0.29, 0.717) is 0 Å². The molecule has 0 bridgehead atoms. The molecule has 0 atom stereocenters. The number of imidazole rings is 1. The Bertz CT molecular complexity index is 287. The molecule has 86 valence electrons. The lowest BCUT2D eigenvalue weighted by Gasteiger charge is -1.90. The van der Waals surface area contributed by atoms with Crippen molar-refractivity contribution in [2.75, 3.05) is 5.75 Å². The lowest BCUT2D eigenvalue weighted by molar-refractivity contribution is -0.671. The van der Waals surface area contributed by atoms with Gasteiger partial charge in [0.05, 0.1) is 19.6 Å². The Kier molecular flexibility index (Phi) is 7.81. The maximum absolute atomic E-state index is 9.18. The number of aryl methyl sites for hydroxylation is 2. The number of thiol groups is 1. The Labute approximate surface area is 96.0 Å². The van der Waals surface area contributed by atoms with Crippen molar-refractivity contribution in [1.82, 2.24) is 4.57 Å². The van der Waals surface area contributed by atoms with Gasteiger partial charge in [0, 0.05) is 5.75 Å². The second-order valence-corrected chi connectivity index (χ2v) is 3.52. The van der Waals surface area contributed by atoms with Crippen molar-refractivity contribution in [2.45, 2.75) is 26.3 Å². The van der Waals surface area contributed by atoms with Crippen molar-refractivity contribution in [3.63, 3.8) is 0 Å². The number of aromatic nitrogens is 2. The number of unbranched alkanes of at least 4 members (excludes halogenated alkanes) is 1. The number of nitrogens with zero attached hydrogens (tertiary/aromatic N) is 2. The minimum absolute atomic E-state index is 0.194. The van der Waals surface area contributed by atoms with Gasteiger partial charge in [-0.3, -0.25) is 0 Å². The number of hydrogen-bond donors (Lipinski definition) is 1. The number of aliphatic carboxylic acids is 1. The molecule has 5 heteroatoms. The normalized spacial score (nSPS) is 9.27. The quantitative estimate of drug-likeness (QED) is 0.574. The molecule has 1 aromatic heterocycles. The molecule has 0 N–H and O–H groups in total. The van der Waals surface area contributed by atoms with Crippen LogP contribution in [0.15, 0.2) is 18.7 Å². The van der Waals surface area contributed by atoms with Crippen LogP contribution in [0.4, 0.5) is 0 Å². The summed E-state index contributed by atoms with van der Waals surface area (Å²) in [6.07, 6.45) is 8.82. The molecule has 0 saturated carbocycles. The van der Waals surface area contributed by atoms with Crippen molar-refractivity contribution in [3.8, 4) is 0 Å². The molecular weight excluding hydrogens is 212 g/mol. The number of carbonyl (C=O) groups excluding carboxylic acids is 1. The molecule has 0 fully saturated rings. The van der Waals surface area contributed by atoms with E-state index in [1.165, 1.54) is 12.8 Å². The molecule has 1 heterocycles. The van der Waals surface area contributed by atoms with Crippen LogP contribution in [-0.4, -0.2) is 16.3 Å². The van der Waals surface area contributed by atoms with Gasteiger partial charge in [-0.05, 0) is 6.42 Å². The molecule has 0 saturated heterocycles. The summed E-state index contributed by atoms with van der Waals surface area (Å²) in [5, 5.41) is 9.18. The van der Waals surface area contributed by atoms with E-state index in [9.17, 15) is 9.90 Å². The van der Waals surface area contributed by atoms with Crippen LogP contribution < -0.4 is 9.67 Å². The van der Waals surface area contributed by atoms with E-state index in [1.54, 1.807) is 0 Å². The summed E-state index contributed by atoms with van der Waals surface area (Å²) in [6.45, 7) is 3.36. The molecular formula is C10H18N2O2S. The van der Waals surface area contributed by atoms with Crippen molar-refractivity contribution in [2.24, 2.45) is 7.05 Å². The summed E-state index contributed by atoms with van der Waals surface area (Å²) in [4.78, 5) is 9.18. The monoisotopic (exact) mass is 230 g/mol. The molecule has 0 aliphatic rings. The first-order chi connectivity index (χ1) is 7.10. The van der Waals surface area contributed by atoms with Crippen molar-refractivity contribution in [1.29, 1.82) is 0 Å². The van der Waals surface area contributed by atoms with Gasteiger partial charge < -0.3 is 9.90 Å². The predicted octanol–water partition coefficient (Wildman–Crippen LogP) is -0.221. The summed E-state index contributed by atoms with van der Waals surface area (Å²) in [6, 6.07) is 0. The van der Waals surface area contributed by atoms with E-state index in [-0.39, 0.29) is 5.75 Å². The van der Waals surface area contributed by atoms with E-state index >= 15 is 0 Å².